The molecule has 0 fully saturated rings. The molecule has 4 N–H and O–H groups in total. The molecule has 1 unspecified atom stereocenters. The lowest BCUT2D eigenvalue weighted by molar-refractivity contribution is 0.186. The predicted octanol–water partition coefficient (Wildman–Crippen LogP) is 2.80. The largest absolute Gasteiger partial charge is 0.507 e. The van der Waals surface area contributed by atoms with E-state index in [2.05, 4.69) is 11.0 Å². The molecule has 1 atom stereocenters. The van der Waals surface area contributed by atoms with Gasteiger partial charge in [0.05, 0.1) is 5.56 Å². The molecule has 3 rings (SSSR count). The van der Waals surface area contributed by atoms with Gasteiger partial charge in [-0.15, -0.1) is 0 Å². The number of nitrogen functional groups attached to an aromatic ring is 1. The maximum Gasteiger partial charge on any atom is 0.124 e. The minimum atomic E-state index is -0.0548. The molecular formula is C17H20N2O2. The van der Waals surface area contributed by atoms with Crippen LogP contribution >= 0.6 is 0 Å². The maximum absolute atomic E-state index is 10.0. The second-order valence-electron chi connectivity index (χ2n) is 5.59. The van der Waals surface area contributed by atoms with E-state index in [1.54, 1.807) is 18.2 Å². The lowest BCUT2D eigenvalue weighted by Gasteiger charge is -2.34. The maximum atomic E-state index is 10.0. The van der Waals surface area contributed by atoms with Crippen LogP contribution in [0.15, 0.2) is 36.4 Å². The first kappa shape index (κ1) is 13.8. The highest BCUT2D eigenvalue weighted by molar-refractivity contribution is 5.52. The lowest BCUT2D eigenvalue weighted by Crippen LogP contribution is -2.33. The fraction of sp³-hybridized carbons (Fsp3) is 0.294. The molecule has 4 nitrogen and oxygen atoms in total. The summed E-state index contributed by atoms with van der Waals surface area (Å²) in [5.74, 6) is 0.279. The molecule has 0 bridgehead atoms. The molecule has 110 valence electrons. The van der Waals surface area contributed by atoms with Crippen molar-refractivity contribution in [1.82, 2.24) is 4.90 Å². The summed E-state index contributed by atoms with van der Waals surface area (Å²) >= 11 is 0. The van der Waals surface area contributed by atoms with Crippen LogP contribution in [0.2, 0.25) is 0 Å². The highest BCUT2D eigenvalue weighted by Gasteiger charge is 2.26. The van der Waals surface area contributed by atoms with Crippen molar-refractivity contribution in [2.24, 2.45) is 0 Å². The van der Waals surface area contributed by atoms with Crippen LogP contribution in [-0.2, 0) is 13.0 Å². The Morgan fingerprint density at radius 2 is 1.76 bits per heavy atom. The van der Waals surface area contributed by atoms with Crippen molar-refractivity contribution in [3.8, 4) is 11.5 Å². The van der Waals surface area contributed by atoms with Crippen molar-refractivity contribution in [1.29, 1.82) is 0 Å². The van der Waals surface area contributed by atoms with Crippen LogP contribution in [0.25, 0.3) is 0 Å². The molecule has 1 aliphatic heterocycles. The first-order valence-corrected chi connectivity index (χ1v) is 7.19. The van der Waals surface area contributed by atoms with Crippen molar-refractivity contribution in [2.75, 3.05) is 12.3 Å². The van der Waals surface area contributed by atoms with E-state index in [0.29, 0.717) is 5.56 Å². The molecule has 0 aliphatic carbocycles. The molecule has 0 spiro atoms. The minimum Gasteiger partial charge on any atom is -0.507 e. The summed E-state index contributed by atoms with van der Waals surface area (Å²) in [6, 6.07) is 10.8. The van der Waals surface area contributed by atoms with E-state index in [1.165, 1.54) is 11.1 Å². The van der Waals surface area contributed by atoms with Crippen LogP contribution in [0.4, 0.5) is 5.69 Å². The number of fused-ring (bicyclic) bond motifs is 1. The first-order chi connectivity index (χ1) is 10.1. The van der Waals surface area contributed by atoms with Crippen LogP contribution in [0, 0.1) is 0 Å². The highest BCUT2D eigenvalue weighted by atomic mass is 16.3. The van der Waals surface area contributed by atoms with Crippen molar-refractivity contribution >= 4 is 5.69 Å². The second kappa shape index (κ2) is 5.30. The molecule has 0 saturated carbocycles. The first-order valence-electron chi connectivity index (χ1n) is 7.19. The van der Waals surface area contributed by atoms with Crippen LogP contribution in [0.5, 0.6) is 11.5 Å². The number of benzene rings is 2. The Bertz CT molecular complexity index is 650. The SMILES string of the molecule is CC(c1c(O)cccc1O)N1CCc2c(N)cccc2C1. The van der Waals surface area contributed by atoms with Crippen LogP contribution in [0.3, 0.4) is 0 Å². The van der Waals surface area contributed by atoms with Crippen LogP contribution < -0.4 is 5.73 Å². The molecule has 0 radical (unpaired) electrons. The Hall–Kier alpha value is -2.20. The third-order valence-corrected chi connectivity index (χ3v) is 4.36. The molecule has 1 aliphatic rings. The molecule has 2 aromatic carbocycles. The zero-order valence-electron chi connectivity index (χ0n) is 12.1. The number of phenols is 2. The average Bonchev–Trinajstić information content (AvgIpc) is 2.47. The number of hydrogen-bond donors (Lipinski definition) is 3. The predicted molar refractivity (Wildman–Crippen MR) is 83.2 cm³/mol. The van der Waals surface area contributed by atoms with Gasteiger partial charge in [0.25, 0.3) is 0 Å². The molecular weight excluding hydrogens is 264 g/mol. The fourth-order valence-electron chi connectivity index (χ4n) is 3.14. The van der Waals surface area contributed by atoms with Crippen LogP contribution in [0.1, 0.15) is 29.7 Å². The number of phenolic OH excluding ortho intramolecular Hbond substituents is 2. The van der Waals surface area contributed by atoms with Gasteiger partial charge in [0, 0.05) is 24.8 Å². The smallest absolute Gasteiger partial charge is 0.124 e. The van der Waals surface area contributed by atoms with Gasteiger partial charge >= 0.3 is 0 Å². The molecule has 0 aromatic heterocycles. The summed E-state index contributed by atoms with van der Waals surface area (Å²) in [7, 11) is 0. The fourth-order valence-corrected chi connectivity index (χ4v) is 3.14. The van der Waals surface area contributed by atoms with Crippen molar-refractivity contribution in [3.05, 3.63) is 53.1 Å². The lowest BCUT2D eigenvalue weighted by atomic mass is 9.95. The van der Waals surface area contributed by atoms with Gasteiger partial charge in [-0.1, -0.05) is 18.2 Å². The topological polar surface area (TPSA) is 69.7 Å². The molecule has 0 saturated heterocycles. The van der Waals surface area contributed by atoms with Gasteiger partial charge in [-0.2, -0.15) is 0 Å². The molecule has 1 heterocycles. The van der Waals surface area contributed by atoms with Gasteiger partial charge < -0.3 is 15.9 Å². The van der Waals surface area contributed by atoms with Gasteiger partial charge in [-0.05, 0) is 42.7 Å². The van der Waals surface area contributed by atoms with E-state index in [4.69, 9.17) is 5.73 Å². The number of anilines is 1. The summed E-state index contributed by atoms with van der Waals surface area (Å²) in [5, 5.41) is 20.1. The third-order valence-electron chi connectivity index (χ3n) is 4.36. The molecule has 0 amide bonds. The third kappa shape index (κ3) is 2.43. The van der Waals surface area contributed by atoms with Gasteiger partial charge in [0.15, 0.2) is 0 Å². The number of aromatic hydroxyl groups is 2. The zero-order chi connectivity index (χ0) is 15.0. The number of nitrogens with two attached hydrogens (primary N) is 1. The zero-order valence-corrected chi connectivity index (χ0v) is 12.1. The number of nitrogens with zero attached hydrogens (tertiary/aromatic N) is 1. The van der Waals surface area contributed by atoms with Crippen molar-refractivity contribution < 1.29 is 10.2 Å². The quantitative estimate of drug-likeness (QED) is 0.742. The summed E-state index contributed by atoms with van der Waals surface area (Å²) in [4.78, 5) is 2.25. The summed E-state index contributed by atoms with van der Waals surface area (Å²) < 4.78 is 0. The Morgan fingerprint density at radius 3 is 2.48 bits per heavy atom. The van der Waals surface area contributed by atoms with Gasteiger partial charge in [0.2, 0.25) is 0 Å². The Morgan fingerprint density at radius 1 is 1.10 bits per heavy atom. The monoisotopic (exact) mass is 284 g/mol. The Kier molecular flexibility index (Phi) is 3.47. The summed E-state index contributed by atoms with van der Waals surface area (Å²) in [5.41, 5.74) is 9.91. The standard InChI is InChI=1S/C17H20N2O2/c1-11(17-15(20)6-3-7-16(17)21)19-9-8-13-12(10-19)4-2-5-14(13)18/h2-7,11,20-21H,8-10,18H2,1H3. The van der Waals surface area contributed by atoms with E-state index in [0.717, 1.165) is 25.2 Å². The molecule has 2 aromatic rings. The van der Waals surface area contributed by atoms with E-state index in [1.807, 2.05) is 19.1 Å². The summed E-state index contributed by atoms with van der Waals surface area (Å²) in [6.07, 6.45) is 0.890. The Labute approximate surface area is 124 Å². The van der Waals surface area contributed by atoms with E-state index >= 15 is 0 Å². The normalized spacial score (nSPS) is 16.4. The average molecular weight is 284 g/mol. The second-order valence-corrected chi connectivity index (χ2v) is 5.59. The van der Waals surface area contributed by atoms with Gasteiger partial charge in [0.1, 0.15) is 11.5 Å². The highest BCUT2D eigenvalue weighted by Crippen LogP contribution is 2.37. The summed E-state index contributed by atoms with van der Waals surface area (Å²) in [6.45, 7) is 3.64. The van der Waals surface area contributed by atoms with Gasteiger partial charge in [-0.3, -0.25) is 4.90 Å². The number of rotatable bonds is 2. The molecule has 21 heavy (non-hydrogen) atoms. The Balaban J connectivity index is 1.89. The van der Waals surface area contributed by atoms with Crippen molar-refractivity contribution in [2.45, 2.75) is 25.9 Å². The van der Waals surface area contributed by atoms with E-state index in [-0.39, 0.29) is 17.5 Å². The minimum absolute atomic E-state index is 0.0548. The van der Waals surface area contributed by atoms with Crippen molar-refractivity contribution in [3.63, 3.8) is 0 Å². The number of hydrogen-bond acceptors (Lipinski definition) is 4. The van der Waals surface area contributed by atoms with E-state index < -0.39 is 0 Å². The molecule has 4 heteroatoms. The van der Waals surface area contributed by atoms with Gasteiger partial charge in [-0.25, -0.2) is 0 Å². The van der Waals surface area contributed by atoms with Crippen LogP contribution in [-0.4, -0.2) is 21.7 Å². The van der Waals surface area contributed by atoms with E-state index in [9.17, 15) is 10.2 Å².